The number of rotatable bonds is 6. The average Bonchev–Trinajstić information content (AvgIpc) is 2.24. The van der Waals surface area contributed by atoms with Gasteiger partial charge in [0.05, 0.1) is 0 Å². The van der Waals surface area contributed by atoms with Crippen molar-refractivity contribution >= 4 is 5.91 Å². The maximum absolute atomic E-state index is 11.0. The summed E-state index contributed by atoms with van der Waals surface area (Å²) in [5.74, 6) is 0.358. The van der Waals surface area contributed by atoms with Crippen molar-refractivity contribution in [1.29, 1.82) is 0 Å². The van der Waals surface area contributed by atoms with E-state index in [0.717, 1.165) is 24.4 Å². The number of primary amides is 1. The molecule has 4 heteroatoms. The molecule has 0 aromatic heterocycles. The minimum atomic E-state index is -0.406. The topological polar surface area (TPSA) is 64.3 Å². The van der Waals surface area contributed by atoms with Crippen molar-refractivity contribution in [2.24, 2.45) is 5.73 Å². The Labute approximate surface area is 95.8 Å². The number of aryl methyl sites for hydroxylation is 1. The molecule has 0 aliphatic heterocycles. The van der Waals surface area contributed by atoms with Gasteiger partial charge < -0.3 is 15.8 Å². The first-order valence-corrected chi connectivity index (χ1v) is 5.39. The van der Waals surface area contributed by atoms with Gasteiger partial charge in [-0.1, -0.05) is 6.92 Å². The summed E-state index contributed by atoms with van der Waals surface area (Å²) in [7, 11) is 0. The van der Waals surface area contributed by atoms with Crippen LogP contribution < -0.4 is 15.8 Å². The highest BCUT2D eigenvalue weighted by molar-refractivity contribution is 5.94. The molecule has 0 unspecified atom stereocenters. The highest BCUT2D eigenvalue weighted by Gasteiger charge is 2.05. The first kappa shape index (κ1) is 12.5. The van der Waals surface area contributed by atoms with Gasteiger partial charge in [-0.15, -0.1) is 0 Å². The predicted octanol–water partition coefficient (Wildman–Crippen LogP) is 1.08. The SMILES string of the molecule is CCNCCOc1ccc(C(N)=O)c(C)c1. The molecule has 0 atom stereocenters. The zero-order valence-electron chi connectivity index (χ0n) is 9.75. The van der Waals surface area contributed by atoms with Gasteiger partial charge in [0, 0.05) is 12.1 Å². The molecule has 1 amide bonds. The maximum Gasteiger partial charge on any atom is 0.248 e. The Morgan fingerprint density at radius 1 is 1.50 bits per heavy atom. The van der Waals surface area contributed by atoms with E-state index in [2.05, 4.69) is 5.32 Å². The maximum atomic E-state index is 11.0. The van der Waals surface area contributed by atoms with Gasteiger partial charge >= 0.3 is 0 Å². The van der Waals surface area contributed by atoms with Crippen LogP contribution in [0.1, 0.15) is 22.8 Å². The van der Waals surface area contributed by atoms with Crippen LogP contribution in [-0.4, -0.2) is 25.6 Å². The fraction of sp³-hybridized carbons (Fsp3) is 0.417. The summed E-state index contributed by atoms with van der Waals surface area (Å²) < 4.78 is 5.51. The molecule has 0 aliphatic carbocycles. The number of hydrogen-bond donors (Lipinski definition) is 2. The van der Waals surface area contributed by atoms with Crippen LogP contribution in [0.3, 0.4) is 0 Å². The van der Waals surface area contributed by atoms with E-state index >= 15 is 0 Å². The molecule has 1 aromatic carbocycles. The summed E-state index contributed by atoms with van der Waals surface area (Å²) >= 11 is 0. The summed E-state index contributed by atoms with van der Waals surface area (Å²) in [6, 6.07) is 5.28. The third-order valence-electron chi connectivity index (χ3n) is 2.26. The van der Waals surface area contributed by atoms with Gasteiger partial charge in [0.1, 0.15) is 12.4 Å². The van der Waals surface area contributed by atoms with Crippen molar-refractivity contribution in [2.75, 3.05) is 19.7 Å². The molecule has 0 saturated carbocycles. The van der Waals surface area contributed by atoms with E-state index in [9.17, 15) is 4.79 Å². The first-order valence-electron chi connectivity index (χ1n) is 5.39. The van der Waals surface area contributed by atoms with E-state index in [1.807, 2.05) is 19.9 Å². The number of hydrogen-bond acceptors (Lipinski definition) is 3. The van der Waals surface area contributed by atoms with Crippen LogP contribution >= 0.6 is 0 Å². The van der Waals surface area contributed by atoms with Gasteiger partial charge in [-0.05, 0) is 37.2 Å². The van der Waals surface area contributed by atoms with Crippen LogP contribution in [0.4, 0.5) is 0 Å². The average molecular weight is 222 g/mol. The van der Waals surface area contributed by atoms with Crippen molar-refractivity contribution in [1.82, 2.24) is 5.32 Å². The molecule has 0 aliphatic rings. The fourth-order valence-electron chi connectivity index (χ4n) is 1.42. The van der Waals surface area contributed by atoms with Gasteiger partial charge in [-0.3, -0.25) is 4.79 Å². The molecular weight excluding hydrogens is 204 g/mol. The Bertz CT molecular complexity index is 364. The second-order valence-corrected chi connectivity index (χ2v) is 3.54. The lowest BCUT2D eigenvalue weighted by atomic mass is 10.1. The third-order valence-corrected chi connectivity index (χ3v) is 2.26. The zero-order valence-corrected chi connectivity index (χ0v) is 9.75. The molecule has 88 valence electrons. The second kappa shape index (κ2) is 6.12. The molecular formula is C12H18N2O2. The number of likely N-dealkylation sites (N-methyl/N-ethyl adjacent to an activating group) is 1. The molecule has 0 fully saturated rings. The molecule has 1 rings (SSSR count). The second-order valence-electron chi connectivity index (χ2n) is 3.54. The number of nitrogens with one attached hydrogen (secondary N) is 1. The van der Waals surface area contributed by atoms with E-state index in [4.69, 9.17) is 10.5 Å². The fourth-order valence-corrected chi connectivity index (χ4v) is 1.42. The largest absolute Gasteiger partial charge is 0.492 e. The monoisotopic (exact) mass is 222 g/mol. The van der Waals surface area contributed by atoms with E-state index in [0.29, 0.717) is 12.2 Å². The Kier molecular flexibility index (Phi) is 4.79. The number of carbonyl (C=O) groups is 1. The van der Waals surface area contributed by atoms with Crippen LogP contribution in [0.25, 0.3) is 0 Å². The molecule has 0 bridgehead atoms. The first-order chi connectivity index (χ1) is 7.65. The predicted molar refractivity (Wildman–Crippen MR) is 63.7 cm³/mol. The lowest BCUT2D eigenvalue weighted by molar-refractivity contribution is 0.0999. The van der Waals surface area contributed by atoms with Crippen molar-refractivity contribution in [3.63, 3.8) is 0 Å². The molecule has 0 saturated heterocycles. The summed E-state index contributed by atoms with van der Waals surface area (Å²) in [5.41, 5.74) is 6.60. The summed E-state index contributed by atoms with van der Waals surface area (Å²) in [5, 5.41) is 3.16. The van der Waals surface area contributed by atoms with Gasteiger partial charge in [-0.25, -0.2) is 0 Å². The Hall–Kier alpha value is -1.55. The molecule has 0 spiro atoms. The molecule has 1 aromatic rings. The molecule has 16 heavy (non-hydrogen) atoms. The number of benzene rings is 1. The third kappa shape index (κ3) is 3.55. The van der Waals surface area contributed by atoms with E-state index in [-0.39, 0.29) is 0 Å². The Morgan fingerprint density at radius 2 is 2.25 bits per heavy atom. The van der Waals surface area contributed by atoms with Crippen LogP contribution in [0.2, 0.25) is 0 Å². The van der Waals surface area contributed by atoms with Crippen molar-refractivity contribution in [2.45, 2.75) is 13.8 Å². The minimum absolute atomic E-state index is 0.406. The van der Waals surface area contributed by atoms with Crippen LogP contribution in [0.5, 0.6) is 5.75 Å². The number of nitrogens with two attached hydrogens (primary N) is 1. The summed E-state index contributed by atoms with van der Waals surface area (Å²) in [4.78, 5) is 11.0. The molecule has 0 heterocycles. The van der Waals surface area contributed by atoms with Gasteiger partial charge in [-0.2, -0.15) is 0 Å². The van der Waals surface area contributed by atoms with Crippen molar-refractivity contribution in [3.8, 4) is 5.75 Å². The van der Waals surface area contributed by atoms with E-state index in [1.54, 1.807) is 12.1 Å². The van der Waals surface area contributed by atoms with E-state index < -0.39 is 5.91 Å². The molecule has 0 radical (unpaired) electrons. The van der Waals surface area contributed by atoms with Crippen molar-refractivity contribution in [3.05, 3.63) is 29.3 Å². The van der Waals surface area contributed by atoms with Gasteiger partial charge in [0.25, 0.3) is 0 Å². The summed E-state index contributed by atoms with van der Waals surface area (Å²) in [6.45, 7) is 6.25. The smallest absolute Gasteiger partial charge is 0.248 e. The summed E-state index contributed by atoms with van der Waals surface area (Å²) in [6.07, 6.45) is 0. The quantitative estimate of drug-likeness (QED) is 0.708. The van der Waals surface area contributed by atoms with Crippen LogP contribution in [0, 0.1) is 6.92 Å². The highest BCUT2D eigenvalue weighted by atomic mass is 16.5. The number of amides is 1. The minimum Gasteiger partial charge on any atom is -0.492 e. The van der Waals surface area contributed by atoms with E-state index in [1.165, 1.54) is 0 Å². The van der Waals surface area contributed by atoms with Gasteiger partial charge in [0.15, 0.2) is 0 Å². The lowest BCUT2D eigenvalue weighted by Crippen LogP contribution is -2.20. The lowest BCUT2D eigenvalue weighted by Gasteiger charge is -2.08. The highest BCUT2D eigenvalue weighted by Crippen LogP contribution is 2.16. The standard InChI is InChI=1S/C12H18N2O2/c1-3-14-6-7-16-10-4-5-11(12(13)15)9(2)8-10/h4-5,8,14H,3,6-7H2,1-2H3,(H2,13,15). The number of carbonyl (C=O) groups excluding carboxylic acids is 1. The normalized spacial score (nSPS) is 10.1. The van der Waals surface area contributed by atoms with Crippen LogP contribution in [0.15, 0.2) is 18.2 Å². The zero-order chi connectivity index (χ0) is 12.0. The Morgan fingerprint density at radius 3 is 2.81 bits per heavy atom. The van der Waals surface area contributed by atoms with Crippen LogP contribution in [-0.2, 0) is 0 Å². The number of ether oxygens (including phenoxy) is 1. The molecule has 4 nitrogen and oxygen atoms in total. The Balaban J connectivity index is 2.56. The molecule has 3 N–H and O–H groups in total. The van der Waals surface area contributed by atoms with Gasteiger partial charge in [0.2, 0.25) is 5.91 Å². The van der Waals surface area contributed by atoms with Crippen molar-refractivity contribution < 1.29 is 9.53 Å².